The van der Waals surface area contributed by atoms with Crippen LogP contribution in [-0.4, -0.2) is 9.97 Å². The van der Waals surface area contributed by atoms with E-state index in [0.717, 1.165) is 11.4 Å². The van der Waals surface area contributed by atoms with Crippen molar-refractivity contribution in [3.63, 3.8) is 0 Å². The Morgan fingerprint density at radius 2 is 2.00 bits per heavy atom. The number of hydrogen-bond acceptors (Lipinski definition) is 4. The van der Waals surface area contributed by atoms with Gasteiger partial charge < -0.3 is 11.1 Å². The number of benzene rings is 1. The third-order valence-electron chi connectivity index (χ3n) is 3.39. The number of nitrogens with two attached hydrogens (primary N) is 1. The van der Waals surface area contributed by atoms with E-state index in [4.69, 9.17) is 17.3 Å². The average molecular weight is 299 g/mol. The molecule has 1 unspecified atom stereocenters. The lowest BCUT2D eigenvalue weighted by Crippen LogP contribution is -2.36. The van der Waals surface area contributed by atoms with Gasteiger partial charge in [0.2, 0.25) is 0 Å². The van der Waals surface area contributed by atoms with Gasteiger partial charge >= 0.3 is 0 Å². The molecule has 0 bridgehead atoms. The summed E-state index contributed by atoms with van der Waals surface area (Å²) in [6.45, 7) is 0. The van der Waals surface area contributed by atoms with Crippen LogP contribution in [0.25, 0.3) is 0 Å². The fourth-order valence-electron chi connectivity index (χ4n) is 2.21. The van der Waals surface area contributed by atoms with Gasteiger partial charge in [0.1, 0.15) is 11.5 Å². The molecule has 0 amide bonds. The fourth-order valence-corrected chi connectivity index (χ4v) is 2.36. The van der Waals surface area contributed by atoms with Crippen LogP contribution in [0.3, 0.4) is 0 Å². The molecule has 0 saturated heterocycles. The molecule has 1 aromatic carbocycles. The molecule has 0 spiro atoms. The molecule has 0 aliphatic heterocycles. The first-order valence-electron chi connectivity index (χ1n) is 6.64. The van der Waals surface area contributed by atoms with Crippen LogP contribution in [0.1, 0.15) is 12.1 Å². The highest BCUT2D eigenvalue weighted by molar-refractivity contribution is 6.29. The minimum absolute atomic E-state index is 0.399. The van der Waals surface area contributed by atoms with Gasteiger partial charge in [-0.15, -0.1) is 0 Å². The zero-order valence-corrected chi connectivity index (χ0v) is 12.1. The van der Waals surface area contributed by atoms with E-state index in [1.807, 2.05) is 42.5 Å². The van der Waals surface area contributed by atoms with Gasteiger partial charge in [-0.05, 0) is 30.7 Å². The van der Waals surface area contributed by atoms with E-state index in [-0.39, 0.29) is 0 Å². The molecular formula is C16H15ClN4. The van der Waals surface area contributed by atoms with E-state index < -0.39 is 5.54 Å². The molecule has 1 aliphatic carbocycles. The van der Waals surface area contributed by atoms with Crippen molar-refractivity contribution in [2.75, 3.05) is 5.32 Å². The van der Waals surface area contributed by atoms with Gasteiger partial charge in [0.05, 0.1) is 11.2 Å². The SMILES string of the molecule is NC1(c2cc(Cl)ncn2)C=CC(Nc2ccccc2)=CC1. The lowest BCUT2D eigenvalue weighted by molar-refractivity contribution is 0.542. The normalized spacial score (nSPS) is 21.0. The standard InChI is InChI=1S/C16H15ClN4/c17-15-10-14(19-11-20-15)16(18)8-6-13(7-9-16)21-12-4-2-1-3-5-12/h1-8,10-11,21H,9,18H2. The largest absolute Gasteiger partial charge is 0.356 e. The Kier molecular flexibility index (Phi) is 3.73. The number of halogens is 1. The van der Waals surface area contributed by atoms with E-state index in [1.54, 1.807) is 6.07 Å². The Morgan fingerprint density at radius 3 is 2.67 bits per heavy atom. The van der Waals surface area contributed by atoms with E-state index in [2.05, 4.69) is 21.4 Å². The van der Waals surface area contributed by atoms with E-state index in [9.17, 15) is 0 Å². The molecule has 21 heavy (non-hydrogen) atoms. The van der Waals surface area contributed by atoms with Crippen molar-refractivity contribution >= 4 is 17.3 Å². The zero-order valence-electron chi connectivity index (χ0n) is 11.3. The molecule has 0 fully saturated rings. The second-order valence-corrected chi connectivity index (χ2v) is 5.34. The summed E-state index contributed by atoms with van der Waals surface area (Å²) in [5.41, 5.74) is 8.53. The molecule has 2 aromatic rings. The second kappa shape index (κ2) is 5.68. The minimum atomic E-state index is -0.644. The minimum Gasteiger partial charge on any atom is -0.356 e. The summed E-state index contributed by atoms with van der Waals surface area (Å²) in [6.07, 6.45) is 8.04. The van der Waals surface area contributed by atoms with Gasteiger partial charge in [-0.25, -0.2) is 9.97 Å². The molecule has 4 nitrogen and oxygen atoms in total. The number of para-hydroxylation sites is 1. The lowest BCUT2D eigenvalue weighted by Gasteiger charge is -2.27. The second-order valence-electron chi connectivity index (χ2n) is 4.95. The van der Waals surface area contributed by atoms with Crippen molar-refractivity contribution in [3.05, 3.63) is 77.5 Å². The third kappa shape index (κ3) is 3.12. The molecule has 1 aliphatic rings. The average Bonchev–Trinajstić information content (AvgIpc) is 2.51. The van der Waals surface area contributed by atoms with Crippen molar-refractivity contribution < 1.29 is 0 Å². The Morgan fingerprint density at radius 1 is 1.19 bits per heavy atom. The Bertz CT molecular complexity index is 696. The van der Waals surface area contributed by atoms with Gasteiger partial charge in [-0.1, -0.05) is 42.0 Å². The number of rotatable bonds is 3. The third-order valence-corrected chi connectivity index (χ3v) is 3.60. The van der Waals surface area contributed by atoms with Crippen LogP contribution in [0.2, 0.25) is 5.15 Å². The fraction of sp³-hybridized carbons (Fsp3) is 0.125. The number of anilines is 1. The van der Waals surface area contributed by atoms with Gasteiger partial charge in [0.15, 0.2) is 0 Å². The molecule has 3 N–H and O–H groups in total. The molecule has 0 saturated carbocycles. The molecule has 1 heterocycles. The summed E-state index contributed by atoms with van der Waals surface area (Å²) >= 11 is 5.90. The first kappa shape index (κ1) is 13.8. The van der Waals surface area contributed by atoms with Crippen LogP contribution < -0.4 is 11.1 Å². The molecule has 106 valence electrons. The first-order chi connectivity index (χ1) is 10.2. The monoisotopic (exact) mass is 298 g/mol. The van der Waals surface area contributed by atoms with Crippen LogP contribution in [0.4, 0.5) is 5.69 Å². The molecule has 1 atom stereocenters. The quantitative estimate of drug-likeness (QED) is 0.854. The number of aromatic nitrogens is 2. The number of nitrogens with one attached hydrogen (secondary N) is 1. The molecule has 0 radical (unpaired) electrons. The molecule has 5 heteroatoms. The number of hydrogen-bond donors (Lipinski definition) is 2. The Balaban J connectivity index is 1.76. The highest BCUT2D eigenvalue weighted by atomic mass is 35.5. The van der Waals surface area contributed by atoms with Crippen molar-refractivity contribution in [1.82, 2.24) is 9.97 Å². The molecule has 1 aromatic heterocycles. The molecule has 3 rings (SSSR count). The van der Waals surface area contributed by atoms with Gasteiger partial charge in [-0.2, -0.15) is 0 Å². The summed E-state index contributed by atoms with van der Waals surface area (Å²) < 4.78 is 0. The smallest absolute Gasteiger partial charge is 0.132 e. The van der Waals surface area contributed by atoms with E-state index in [0.29, 0.717) is 17.3 Å². The van der Waals surface area contributed by atoms with Crippen LogP contribution in [0.15, 0.2) is 66.7 Å². The van der Waals surface area contributed by atoms with Gasteiger partial charge in [0, 0.05) is 11.4 Å². The van der Waals surface area contributed by atoms with Crippen LogP contribution in [-0.2, 0) is 5.54 Å². The summed E-state index contributed by atoms with van der Waals surface area (Å²) in [6, 6.07) is 11.7. The van der Waals surface area contributed by atoms with Crippen LogP contribution in [0.5, 0.6) is 0 Å². The maximum Gasteiger partial charge on any atom is 0.132 e. The number of allylic oxidation sites excluding steroid dienone is 1. The van der Waals surface area contributed by atoms with Crippen LogP contribution in [0, 0.1) is 0 Å². The van der Waals surface area contributed by atoms with E-state index >= 15 is 0 Å². The predicted octanol–water partition coefficient (Wildman–Crippen LogP) is 3.24. The van der Waals surface area contributed by atoms with Crippen molar-refractivity contribution in [2.24, 2.45) is 5.73 Å². The molecular weight excluding hydrogens is 284 g/mol. The summed E-state index contributed by atoms with van der Waals surface area (Å²) in [5.74, 6) is 0. The van der Waals surface area contributed by atoms with E-state index in [1.165, 1.54) is 6.33 Å². The van der Waals surface area contributed by atoms with Crippen molar-refractivity contribution in [2.45, 2.75) is 12.0 Å². The Hall–Kier alpha value is -2.17. The highest BCUT2D eigenvalue weighted by Gasteiger charge is 2.27. The maximum absolute atomic E-state index is 6.40. The maximum atomic E-state index is 6.40. The summed E-state index contributed by atoms with van der Waals surface area (Å²) in [7, 11) is 0. The zero-order chi connectivity index (χ0) is 14.7. The Labute approximate surface area is 128 Å². The summed E-state index contributed by atoms with van der Waals surface area (Å²) in [5, 5.41) is 3.74. The topological polar surface area (TPSA) is 63.8 Å². The van der Waals surface area contributed by atoms with Crippen LogP contribution >= 0.6 is 11.6 Å². The first-order valence-corrected chi connectivity index (χ1v) is 7.02. The van der Waals surface area contributed by atoms with Crippen molar-refractivity contribution in [3.8, 4) is 0 Å². The predicted molar refractivity (Wildman–Crippen MR) is 84.8 cm³/mol. The summed E-state index contributed by atoms with van der Waals surface area (Å²) in [4.78, 5) is 8.11. The van der Waals surface area contributed by atoms with Gasteiger partial charge in [0.25, 0.3) is 0 Å². The van der Waals surface area contributed by atoms with Crippen molar-refractivity contribution in [1.29, 1.82) is 0 Å². The number of nitrogens with zero attached hydrogens (tertiary/aromatic N) is 2. The lowest BCUT2D eigenvalue weighted by atomic mass is 9.88. The van der Waals surface area contributed by atoms with Gasteiger partial charge in [-0.3, -0.25) is 0 Å². The highest BCUT2D eigenvalue weighted by Crippen LogP contribution is 2.28.